The molecule has 0 atom stereocenters. The minimum absolute atomic E-state index is 0.00496. The topological polar surface area (TPSA) is 43.4 Å². The van der Waals surface area contributed by atoms with E-state index < -0.39 is 9.05 Å². The van der Waals surface area contributed by atoms with Crippen molar-refractivity contribution in [2.24, 2.45) is 0 Å². The molecular formula is C12H14BrClO3S. The van der Waals surface area contributed by atoms with Crippen molar-refractivity contribution in [1.29, 1.82) is 0 Å². The van der Waals surface area contributed by atoms with Gasteiger partial charge in [0.2, 0.25) is 0 Å². The number of halogens is 2. The van der Waals surface area contributed by atoms with Crippen LogP contribution in [0.15, 0.2) is 34.2 Å². The van der Waals surface area contributed by atoms with Gasteiger partial charge in [-0.2, -0.15) is 0 Å². The maximum absolute atomic E-state index is 11.5. The Balaban J connectivity index is 3.05. The number of benzene rings is 1. The third-order valence-electron chi connectivity index (χ3n) is 2.27. The van der Waals surface area contributed by atoms with Gasteiger partial charge in [-0.25, -0.2) is 8.42 Å². The highest BCUT2D eigenvalue weighted by Gasteiger charge is 2.19. The fourth-order valence-corrected chi connectivity index (χ4v) is 3.24. The molecule has 0 spiro atoms. The molecule has 0 aromatic heterocycles. The lowest BCUT2D eigenvalue weighted by molar-refractivity contribution is 0.302. The molecule has 100 valence electrons. The number of allylic oxidation sites excluding steroid dienone is 1. The summed E-state index contributed by atoms with van der Waals surface area (Å²) in [6, 6.07) is 3.23. The molecule has 1 rings (SSSR count). The van der Waals surface area contributed by atoms with Gasteiger partial charge in [-0.1, -0.05) is 22.0 Å². The number of ether oxygens (including phenoxy) is 1. The first-order chi connectivity index (χ1) is 8.36. The molecule has 0 aliphatic rings. The molecule has 0 amide bonds. The molecule has 18 heavy (non-hydrogen) atoms. The Hall–Kier alpha value is -0.520. The second-order valence-corrected chi connectivity index (χ2v) is 7.22. The molecule has 6 heteroatoms. The minimum atomic E-state index is -3.82. The highest BCUT2D eigenvalue weighted by molar-refractivity contribution is 9.10. The SMILES string of the molecule is C=CCCCOc1c(C)cc(Br)cc1S(=O)(=O)Cl. The van der Waals surface area contributed by atoms with Crippen LogP contribution in [0.3, 0.4) is 0 Å². The van der Waals surface area contributed by atoms with Crippen LogP contribution >= 0.6 is 26.6 Å². The van der Waals surface area contributed by atoms with Crippen molar-refractivity contribution < 1.29 is 13.2 Å². The average Bonchev–Trinajstić information content (AvgIpc) is 2.24. The second kappa shape index (κ2) is 6.59. The van der Waals surface area contributed by atoms with E-state index in [1.165, 1.54) is 6.07 Å². The Morgan fingerprint density at radius 2 is 2.17 bits per heavy atom. The van der Waals surface area contributed by atoms with Crippen LogP contribution in [0.2, 0.25) is 0 Å². The van der Waals surface area contributed by atoms with Gasteiger partial charge in [-0.05, 0) is 37.5 Å². The van der Waals surface area contributed by atoms with E-state index in [1.54, 1.807) is 19.1 Å². The first-order valence-corrected chi connectivity index (χ1v) is 8.45. The summed E-state index contributed by atoms with van der Waals surface area (Å²) >= 11 is 3.24. The lowest BCUT2D eigenvalue weighted by atomic mass is 10.2. The van der Waals surface area contributed by atoms with Crippen molar-refractivity contribution in [1.82, 2.24) is 0 Å². The third-order valence-corrected chi connectivity index (χ3v) is 4.05. The average molecular weight is 354 g/mol. The highest BCUT2D eigenvalue weighted by Crippen LogP contribution is 2.33. The molecule has 3 nitrogen and oxygen atoms in total. The lowest BCUT2D eigenvalue weighted by Crippen LogP contribution is -2.04. The molecule has 0 heterocycles. The Labute approximate surface area is 120 Å². The summed E-state index contributed by atoms with van der Waals surface area (Å²) in [5.41, 5.74) is 0.724. The van der Waals surface area contributed by atoms with Gasteiger partial charge in [0.05, 0.1) is 6.61 Å². The predicted molar refractivity (Wildman–Crippen MR) is 76.8 cm³/mol. The molecule has 0 aliphatic heterocycles. The molecule has 1 aromatic rings. The van der Waals surface area contributed by atoms with Crippen LogP contribution in [0.1, 0.15) is 18.4 Å². The van der Waals surface area contributed by atoms with Gasteiger partial charge in [0.15, 0.2) is 0 Å². The van der Waals surface area contributed by atoms with Gasteiger partial charge < -0.3 is 4.74 Å². The van der Waals surface area contributed by atoms with Gasteiger partial charge in [0.1, 0.15) is 10.6 Å². The van der Waals surface area contributed by atoms with Crippen LogP contribution in [0, 0.1) is 6.92 Å². The lowest BCUT2D eigenvalue weighted by Gasteiger charge is -2.12. The minimum Gasteiger partial charge on any atom is -0.492 e. The van der Waals surface area contributed by atoms with Crippen LogP contribution < -0.4 is 4.74 Å². The van der Waals surface area contributed by atoms with E-state index in [0.717, 1.165) is 18.4 Å². The van der Waals surface area contributed by atoms with Crippen LogP contribution in [-0.2, 0) is 9.05 Å². The largest absolute Gasteiger partial charge is 0.492 e. The van der Waals surface area contributed by atoms with Gasteiger partial charge in [-0.15, -0.1) is 6.58 Å². The highest BCUT2D eigenvalue weighted by atomic mass is 79.9. The summed E-state index contributed by atoms with van der Waals surface area (Å²) in [6.07, 6.45) is 3.39. The number of unbranched alkanes of at least 4 members (excludes halogenated alkanes) is 1. The van der Waals surface area contributed by atoms with Crippen LogP contribution in [-0.4, -0.2) is 15.0 Å². The number of hydrogen-bond acceptors (Lipinski definition) is 3. The van der Waals surface area contributed by atoms with Crippen molar-refractivity contribution in [3.63, 3.8) is 0 Å². The molecular weight excluding hydrogens is 340 g/mol. The fraction of sp³-hybridized carbons (Fsp3) is 0.333. The van der Waals surface area contributed by atoms with Crippen molar-refractivity contribution >= 4 is 35.7 Å². The van der Waals surface area contributed by atoms with Crippen LogP contribution in [0.25, 0.3) is 0 Å². The summed E-state index contributed by atoms with van der Waals surface area (Å²) in [4.78, 5) is -0.00496. The van der Waals surface area contributed by atoms with E-state index in [4.69, 9.17) is 15.4 Å². The molecule has 0 N–H and O–H groups in total. The van der Waals surface area contributed by atoms with Gasteiger partial charge in [0, 0.05) is 15.2 Å². The first kappa shape index (κ1) is 15.5. The number of hydrogen-bond donors (Lipinski definition) is 0. The number of aryl methyl sites for hydroxylation is 1. The molecule has 0 saturated heterocycles. The van der Waals surface area contributed by atoms with Crippen molar-refractivity contribution in [3.05, 3.63) is 34.8 Å². The molecule has 1 aromatic carbocycles. The third kappa shape index (κ3) is 4.30. The second-order valence-electron chi connectivity index (χ2n) is 3.77. The van der Waals surface area contributed by atoms with Crippen LogP contribution in [0.4, 0.5) is 0 Å². The summed E-state index contributed by atoms with van der Waals surface area (Å²) in [7, 11) is 1.58. The Kier molecular flexibility index (Phi) is 5.69. The van der Waals surface area contributed by atoms with E-state index in [1.807, 2.05) is 0 Å². The summed E-state index contributed by atoms with van der Waals surface area (Å²) in [5, 5.41) is 0. The van der Waals surface area contributed by atoms with E-state index >= 15 is 0 Å². The van der Waals surface area contributed by atoms with Gasteiger partial charge >= 0.3 is 0 Å². The monoisotopic (exact) mass is 352 g/mol. The van der Waals surface area contributed by atoms with E-state index in [2.05, 4.69) is 22.5 Å². The van der Waals surface area contributed by atoms with E-state index in [-0.39, 0.29) is 4.90 Å². The Bertz CT molecular complexity index is 540. The molecule has 0 bridgehead atoms. The quantitative estimate of drug-likeness (QED) is 0.440. The maximum Gasteiger partial charge on any atom is 0.265 e. The molecule has 0 saturated carbocycles. The Morgan fingerprint density at radius 3 is 2.72 bits per heavy atom. The van der Waals surface area contributed by atoms with Gasteiger partial charge in [-0.3, -0.25) is 0 Å². The zero-order valence-electron chi connectivity index (χ0n) is 9.95. The standard InChI is InChI=1S/C12H14BrClO3S/c1-3-4-5-6-17-12-9(2)7-10(13)8-11(12)18(14,15)16/h3,7-8H,1,4-6H2,2H3. The Morgan fingerprint density at radius 1 is 1.50 bits per heavy atom. The normalized spacial score (nSPS) is 11.3. The predicted octanol–water partition coefficient (Wildman–Crippen LogP) is 4.03. The molecule has 0 unspecified atom stereocenters. The van der Waals surface area contributed by atoms with Crippen molar-refractivity contribution in [3.8, 4) is 5.75 Å². The summed E-state index contributed by atoms with van der Waals surface area (Å²) in [6.45, 7) is 5.81. The molecule has 0 aliphatic carbocycles. The zero-order valence-corrected chi connectivity index (χ0v) is 13.1. The van der Waals surface area contributed by atoms with Crippen molar-refractivity contribution in [2.75, 3.05) is 6.61 Å². The smallest absolute Gasteiger partial charge is 0.265 e. The number of rotatable bonds is 6. The summed E-state index contributed by atoms with van der Waals surface area (Å²) < 4.78 is 29.2. The maximum atomic E-state index is 11.5. The molecule has 0 fully saturated rings. The fourth-order valence-electron chi connectivity index (χ4n) is 1.47. The molecule has 0 radical (unpaired) electrons. The summed E-state index contributed by atoms with van der Waals surface area (Å²) in [5.74, 6) is 0.317. The van der Waals surface area contributed by atoms with E-state index in [9.17, 15) is 8.42 Å². The van der Waals surface area contributed by atoms with Crippen LogP contribution in [0.5, 0.6) is 5.75 Å². The van der Waals surface area contributed by atoms with Crippen molar-refractivity contribution in [2.45, 2.75) is 24.7 Å². The van der Waals surface area contributed by atoms with E-state index in [0.29, 0.717) is 16.8 Å². The first-order valence-electron chi connectivity index (χ1n) is 5.34. The van der Waals surface area contributed by atoms with Gasteiger partial charge in [0.25, 0.3) is 9.05 Å². The zero-order chi connectivity index (χ0) is 13.8.